The van der Waals surface area contributed by atoms with Gasteiger partial charge in [0.15, 0.2) is 0 Å². The summed E-state index contributed by atoms with van der Waals surface area (Å²) in [4.78, 5) is 10.4. The second-order valence-electron chi connectivity index (χ2n) is 7.04. The van der Waals surface area contributed by atoms with Crippen molar-refractivity contribution in [1.29, 1.82) is 0 Å². The fourth-order valence-electron chi connectivity index (χ4n) is 3.50. The summed E-state index contributed by atoms with van der Waals surface area (Å²) in [6.07, 6.45) is -3.17. The highest BCUT2D eigenvalue weighted by atomic mass is 19.4. The zero-order valence-electron chi connectivity index (χ0n) is 16.0. The van der Waals surface area contributed by atoms with Crippen LogP contribution in [-0.4, -0.2) is 34.3 Å². The molecule has 0 radical (unpaired) electrons. The van der Waals surface area contributed by atoms with Gasteiger partial charge in [0.2, 0.25) is 5.88 Å². The maximum Gasteiger partial charge on any atom is 0.417 e. The molecular formula is C22H20F3N3O2. The number of rotatable bonds is 5. The minimum absolute atomic E-state index is 0.162. The minimum atomic E-state index is -4.42. The van der Waals surface area contributed by atoms with Crippen molar-refractivity contribution in [2.45, 2.75) is 25.3 Å². The van der Waals surface area contributed by atoms with E-state index in [2.05, 4.69) is 14.9 Å². The smallest absolute Gasteiger partial charge is 0.417 e. The van der Waals surface area contributed by atoms with Gasteiger partial charge in [0, 0.05) is 30.8 Å². The molecule has 0 spiro atoms. The Balaban J connectivity index is 1.45. The Bertz CT molecular complexity index is 995. The molecule has 1 saturated heterocycles. The summed E-state index contributed by atoms with van der Waals surface area (Å²) < 4.78 is 43.7. The molecular weight excluding hydrogens is 395 g/mol. The third kappa shape index (κ3) is 4.38. The number of ether oxygens (including phenoxy) is 1. The largest absolute Gasteiger partial charge is 0.472 e. The number of hydrogen-bond acceptors (Lipinski definition) is 5. The fraction of sp³-hybridized carbons (Fsp3) is 0.273. The maximum absolute atomic E-state index is 12.7. The number of benzene rings is 1. The van der Waals surface area contributed by atoms with Crippen LogP contribution < -0.4 is 9.64 Å². The molecule has 3 aromatic rings. The van der Waals surface area contributed by atoms with E-state index in [1.165, 1.54) is 6.07 Å². The molecule has 8 heteroatoms. The summed E-state index contributed by atoms with van der Waals surface area (Å²) in [7, 11) is 0. The number of aliphatic hydroxyl groups excluding tert-OH is 1. The molecule has 1 aromatic carbocycles. The zero-order chi connectivity index (χ0) is 21.1. The number of halogens is 3. The molecule has 5 nitrogen and oxygen atoms in total. The van der Waals surface area contributed by atoms with Crippen LogP contribution in [0.3, 0.4) is 0 Å². The van der Waals surface area contributed by atoms with Gasteiger partial charge >= 0.3 is 6.18 Å². The molecule has 4 rings (SSSR count). The van der Waals surface area contributed by atoms with Crippen LogP contribution >= 0.6 is 0 Å². The van der Waals surface area contributed by atoms with Gasteiger partial charge in [0.25, 0.3) is 0 Å². The van der Waals surface area contributed by atoms with E-state index in [9.17, 15) is 18.3 Å². The molecule has 0 bridgehead atoms. The second kappa shape index (κ2) is 8.31. The van der Waals surface area contributed by atoms with Crippen LogP contribution in [0.2, 0.25) is 0 Å². The Kier molecular flexibility index (Phi) is 5.59. The first-order chi connectivity index (χ1) is 14.4. The highest BCUT2D eigenvalue weighted by molar-refractivity contribution is 5.63. The van der Waals surface area contributed by atoms with E-state index in [-0.39, 0.29) is 18.6 Å². The van der Waals surface area contributed by atoms with E-state index in [0.29, 0.717) is 25.2 Å². The first-order valence-corrected chi connectivity index (χ1v) is 9.55. The number of aromatic nitrogens is 2. The van der Waals surface area contributed by atoms with Gasteiger partial charge in [-0.25, -0.2) is 9.97 Å². The average molecular weight is 415 g/mol. The highest BCUT2D eigenvalue weighted by Crippen LogP contribution is 2.31. The normalized spacial score (nSPS) is 16.7. The van der Waals surface area contributed by atoms with Crippen molar-refractivity contribution < 1.29 is 23.0 Å². The first kappa shape index (κ1) is 20.2. The number of pyridine rings is 2. The third-order valence-electron chi connectivity index (χ3n) is 5.01. The first-order valence-electron chi connectivity index (χ1n) is 9.55. The molecule has 2 aromatic heterocycles. The van der Waals surface area contributed by atoms with E-state index in [1.807, 2.05) is 42.5 Å². The minimum Gasteiger partial charge on any atom is -0.472 e. The quantitative estimate of drug-likeness (QED) is 0.673. The van der Waals surface area contributed by atoms with Crippen LogP contribution in [0.4, 0.5) is 18.9 Å². The van der Waals surface area contributed by atoms with Crippen LogP contribution in [0.15, 0.2) is 60.8 Å². The van der Waals surface area contributed by atoms with Gasteiger partial charge in [0.05, 0.1) is 35.8 Å². The van der Waals surface area contributed by atoms with Crippen molar-refractivity contribution in [1.82, 2.24) is 9.97 Å². The molecule has 0 unspecified atom stereocenters. The number of hydrogen-bond donors (Lipinski definition) is 1. The number of aliphatic hydroxyl groups is 1. The standard InChI is InChI=1S/C22H20F3N3O2/c23-22(24,25)16-6-9-21(26-12-16)30-17-10-11-28(13-17)20-8-7-18(27-19(20)14-29)15-4-2-1-3-5-15/h1-9,12,17,29H,10-11,13-14H2/t17-/m0/s1. The van der Waals surface area contributed by atoms with Gasteiger partial charge in [-0.15, -0.1) is 0 Å². The average Bonchev–Trinajstić information content (AvgIpc) is 3.22. The molecule has 1 fully saturated rings. The number of alkyl halides is 3. The fourth-order valence-corrected chi connectivity index (χ4v) is 3.50. The van der Waals surface area contributed by atoms with Gasteiger partial charge in [0.1, 0.15) is 6.10 Å². The van der Waals surface area contributed by atoms with Gasteiger partial charge in [-0.05, 0) is 18.2 Å². The summed E-state index contributed by atoms with van der Waals surface area (Å²) in [5.74, 6) is 0.162. The summed E-state index contributed by atoms with van der Waals surface area (Å²) in [6.45, 7) is 1.02. The molecule has 1 aliphatic rings. The molecule has 1 atom stereocenters. The maximum atomic E-state index is 12.7. The highest BCUT2D eigenvalue weighted by Gasteiger charge is 2.31. The monoisotopic (exact) mass is 415 g/mol. The van der Waals surface area contributed by atoms with Crippen molar-refractivity contribution in [3.8, 4) is 17.1 Å². The Morgan fingerprint density at radius 2 is 1.87 bits per heavy atom. The molecule has 1 aliphatic heterocycles. The lowest BCUT2D eigenvalue weighted by molar-refractivity contribution is -0.137. The molecule has 0 saturated carbocycles. The number of anilines is 1. The lowest BCUT2D eigenvalue weighted by Crippen LogP contribution is -2.26. The van der Waals surface area contributed by atoms with Crippen LogP contribution in [0.25, 0.3) is 11.3 Å². The van der Waals surface area contributed by atoms with E-state index in [0.717, 1.165) is 29.2 Å². The van der Waals surface area contributed by atoms with Crippen molar-refractivity contribution in [3.63, 3.8) is 0 Å². The number of nitrogens with zero attached hydrogens (tertiary/aromatic N) is 3. The predicted octanol–water partition coefficient (Wildman–Crippen LogP) is 4.31. The lowest BCUT2D eigenvalue weighted by Gasteiger charge is -2.21. The summed E-state index contributed by atoms with van der Waals surface area (Å²) in [6, 6.07) is 15.8. The van der Waals surface area contributed by atoms with Crippen LogP contribution in [0.5, 0.6) is 5.88 Å². The summed E-state index contributed by atoms with van der Waals surface area (Å²) in [5, 5.41) is 9.82. The van der Waals surface area contributed by atoms with Crippen LogP contribution in [0, 0.1) is 0 Å². The SMILES string of the molecule is OCc1nc(-c2ccccc2)ccc1N1CC[C@H](Oc2ccc(C(F)(F)F)cn2)C1. The molecule has 1 N–H and O–H groups in total. The van der Waals surface area contributed by atoms with Crippen LogP contribution in [0.1, 0.15) is 17.7 Å². The molecule has 30 heavy (non-hydrogen) atoms. The topological polar surface area (TPSA) is 58.5 Å². The lowest BCUT2D eigenvalue weighted by atomic mass is 10.1. The molecule has 156 valence electrons. The Morgan fingerprint density at radius 3 is 2.53 bits per heavy atom. The Morgan fingerprint density at radius 1 is 1.07 bits per heavy atom. The third-order valence-corrected chi connectivity index (χ3v) is 5.01. The van der Waals surface area contributed by atoms with Gasteiger partial charge in [-0.3, -0.25) is 0 Å². The predicted molar refractivity (Wildman–Crippen MR) is 106 cm³/mol. The zero-order valence-corrected chi connectivity index (χ0v) is 16.0. The summed E-state index contributed by atoms with van der Waals surface area (Å²) in [5.41, 5.74) is 2.34. The van der Waals surface area contributed by atoms with Crippen molar-refractivity contribution in [3.05, 3.63) is 72.1 Å². The van der Waals surface area contributed by atoms with Crippen molar-refractivity contribution in [2.24, 2.45) is 0 Å². The van der Waals surface area contributed by atoms with E-state index >= 15 is 0 Å². The van der Waals surface area contributed by atoms with Crippen molar-refractivity contribution in [2.75, 3.05) is 18.0 Å². The molecule has 3 heterocycles. The van der Waals surface area contributed by atoms with E-state index < -0.39 is 11.7 Å². The Labute approximate surface area is 171 Å². The van der Waals surface area contributed by atoms with Gasteiger partial charge in [-0.1, -0.05) is 30.3 Å². The molecule has 0 amide bonds. The van der Waals surface area contributed by atoms with Gasteiger partial charge < -0.3 is 14.7 Å². The van der Waals surface area contributed by atoms with Gasteiger partial charge in [-0.2, -0.15) is 13.2 Å². The van der Waals surface area contributed by atoms with E-state index in [4.69, 9.17) is 4.74 Å². The molecule has 0 aliphatic carbocycles. The van der Waals surface area contributed by atoms with E-state index in [1.54, 1.807) is 0 Å². The summed E-state index contributed by atoms with van der Waals surface area (Å²) >= 11 is 0. The second-order valence-corrected chi connectivity index (χ2v) is 7.04. The Hall–Kier alpha value is -3.13. The van der Waals surface area contributed by atoms with Crippen molar-refractivity contribution >= 4 is 5.69 Å². The van der Waals surface area contributed by atoms with Crippen LogP contribution in [-0.2, 0) is 12.8 Å².